The summed E-state index contributed by atoms with van der Waals surface area (Å²) in [5, 5.41) is 9.77. The van der Waals surface area contributed by atoms with E-state index in [9.17, 15) is 0 Å². The Morgan fingerprint density at radius 2 is 1.00 bits per heavy atom. The number of unbranched alkanes of at least 4 members (excludes halogenated alkanes) is 13. The molecule has 2 nitrogen and oxygen atoms in total. The van der Waals surface area contributed by atoms with Gasteiger partial charge in [0.2, 0.25) is 0 Å². The van der Waals surface area contributed by atoms with Crippen molar-refractivity contribution < 1.29 is 0 Å². The molecule has 0 bridgehead atoms. The van der Waals surface area contributed by atoms with Crippen molar-refractivity contribution in [3.63, 3.8) is 0 Å². The Morgan fingerprint density at radius 1 is 0.632 bits per heavy atom. The highest BCUT2D eigenvalue weighted by molar-refractivity contribution is 5.49. The van der Waals surface area contributed by atoms with Gasteiger partial charge >= 0.3 is 0 Å². The van der Waals surface area contributed by atoms with Gasteiger partial charge in [-0.05, 0) is 6.42 Å². The molecule has 0 aromatic rings. The Kier molecular flexibility index (Phi) is 17.0. The topological polar surface area (TPSA) is 35.9 Å². The van der Waals surface area contributed by atoms with Gasteiger partial charge in [-0.15, -0.1) is 0 Å². The monoisotopic (exact) mass is 268 g/mol. The van der Waals surface area contributed by atoms with Crippen LogP contribution in [-0.2, 0) is 0 Å². The van der Waals surface area contributed by atoms with E-state index >= 15 is 0 Å². The van der Waals surface area contributed by atoms with Crippen LogP contribution in [0.5, 0.6) is 0 Å². The molecule has 0 unspecified atom stereocenters. The predicted molar refractivity (Wildman–Crippen MR) is 87.1 cm³/mol. The molecule has 0 aromatic heterocycles. The Bertz CT molecular complexity index is 169. The lowest BCUT2D eigenvalue weighted by atomic mass is 10.0. The molecule has 0 saturated carbocycles. The second kappa shape index (κ2) is 17.5. The Hall–Kier alpha value is -0.530. The highest BCUT2D eigenvalue weighted by atomic mass is 14.9. The molecule has 0 aromatic carbocycles. The fourth-order valence-electron chi connectivity index (χ4n) is 2.49. The molecule has 0 saturated heterocycles. The zero-order valence-corrected chi connectivity index (χ0v) is 13.2. The lowest BCUT2D eigenvalue weighted by Gasteiger charge is -2.03. The number of nitrogens with one attached hydrogen (secondary N) is 2. The van der Waals surface area contributed by atoms with Crippen LogP contribution in [0.3, 0.4) is 0 Å². The molecule has 2 heteroatoms. The van der Waals surface area contributed by atoms with E-state index in [1.807, 2.05) is 0 Å². The van der Waals surface area contributed by atoms with Gasteiger partial charge in [0.05, 0.1) is 6.34 Å². The third-order valence-electron chi connectivity index (χ3n) is 3.78. The van der Waals surface area contributed by atoms with Gasteiger partial charge in [0.15, 0.2) is 0 Å². The zero-order chi connectivity index (χ0) is 14.0. The quantitative estimate of drug-likeness (QED) is 0.211. The molecule has 19 heavy (non-hydrogen) atoms. The third kappa shape index (κ3) is 17.5. The smallest absolute Gasteiger partial charge is 0.0791 e. The Labute approximate surface area is 121 Å². The second-order valence-electron chi connectivity index (χ2n) is 5.69. The molecular formula is C17H36N2. The maximum absolute atomic E-state index is 6.84. The molecule has 0 atom stereocenters. The first-order valence-electron chi connectivity index (χ1n) is 8.64. The lowest BCUT2D eigenvalue weighted by Crippen LogP contribution is -2.11. The summed E-state index contributed by atoms with van der Waals surface area (Å²) in [6.45, 7) is 3.26. The van der Waals surface area contributed by atoms with Gasteiger partial charge in [0, 0.05) is 6.54 Å². The van der Waals surface area contributed by atoms with Crippen LogP contribution in [-0.4, -0.2) is 12.9 Å². The van der Waals surface area contributed by atoms with E-state index < -0.39 is 0 Å². The van der Waals surface area contributed by atoms with Crippen molar-refractivity contribution in [2.45, 2.75) is 96.8 Å². The van der Waals surface area contributed by atoms with Crippen LogP contribution in [0.15, 0.2) is 0 Å². The highest BCUT2D eigenvalue weighted by Gasteiger charge is 1.93. The Morgan fingerprint density at radius 3 is 1.37 bits per heavy atom. The number of rotatable bonds is 16. The van der Waals surface area contributed by atoms with Crippen molar-refractivity contribution in [2.75, 3.05) is 6.54 Å². The van der Waals surface area contributed by atoms with E-state index in [0.29, 0.717) is 0 Å². The standard InChI is InChI=1S/C17H36N2/c1-2-3-4-5-6-7-8-9-10-11-12-13-14-15-16-19-17-18/h17H,2-16H2,1H3,(H2,18,19). The molecule has 0 aliphatic carbocycles. The largest absolute Gasteiger partial charge is 0.377 e. The normalized spacial score (nSPS) is 10.6. The van der Waals surface area contributed by atoms with Crippen LogP contribution in [0.4, 0.5) is 0 Å². The summed E-state index contributed by atoms with van der Waals surface area (Å²) in [6.07, 6.45) is 21.0. The highest BCUT2D eigenvalue weighted by Crippen LogP contribution is 2.12. The van der Waals surface area contributed by atoms with Gasteiger partial charge in [-0.2, -0.15) is 0 Å². The fraction of sp³-hybridized carbons (Fsp3) is 0.941. The van der Waals surface area contributed by atoms with Gasteiger partial charge in [0.25, 0.3) is 0 Å². The van der Waals surface area contributed by atoms with Crippen molar-refractivity contribution in [1.29, 1.82) is 5.41 Å². The summed E-state index contributed by atoms with van der Waals surface area (Å²) >= 11 is 0. The summed E-state index contributed by atoms with van der Waals surface area (Å²) in [6, 6.07) is 0. The SMILES string of the molecule is CCCCCCCCCCCCCCCCNC=N. The van der Waals surface area contributed by atoms with Crippen molar-refractivity contribution in [1.82, 2.24) is 5.32 Å². The van der Waals surface area contributed by atoms with Crippen molar-refractivity contribution in [3.8, 4) is 0 Å². The van der Waals surface area contributed by atoms with Gasteiger partial charge in [-0.25, -0.2) is 0 Å². The van der Waals surface area contributed by atoms with Crippen LogP contribution in [0.2, 0.25) is 0 Å². The number of hydrogen-bond acceptors (Lipinski definition) is 1. The first-order valence-corrected chi connectivity index (χ1v) is 8.64. The van der Waals surface area contributed by atoms with E-state index in [-0.39, 0.29) is 0 Å². The molecule has 0 heterocycles. The molecule has 0 aliphatic heterocycles. The van der Waals surface area contributed by atoms with Crippen molar-refractivity contribution >= 4 is 6.34 Å². The molecule has 114 valence electrons. The number of hydrogen-bond donors (Lipinski definition) is 2. The van der Waals surface area contributed by atoms with Gasteiger partial charge in [-0.3, -0.25) is 5.41 Å². The summed E-state index contributed by atoms with van der Waals surface area (Å²) < 4.78 is 0. The molecule has 0 spiro atoms. The minimum absolute atomic E-state index is 0.974. The Balaban J connectivity index is 2.89. The second-order valence-corrected chi connectivity index (χ2v) is 5.69. The molecule has 0 radical (unpaired) electrons. The van der Waals surface area contributed by atoms with Crippen LogP contribution in [0.1, 0.15) is 96.8 Å². The van der Waals surface area contributed by atoms with E-state index in [2.05, 4.69) is 12.2 Å². The van der Waals surface area contributed by atoms with Crippen LogP contribution in [0.25, 0.3) is 0 Å². The molecular weight excluding hydrogens is 232 g/mol. The van der Waals surface area contributed by atoms with Crippen LogP contribution in [0, 0.1) is 5.41 Å². The van der Waals surface area contributed by atoms with E-state index in [1.165, 1.54) is 96.2 Å². The summed E-state index contributed by atoms with van der Waals surface area (Å²) in [5.41, 5.74) is 0. The van der Waals surface area contributed by atoms with Crippen molar-refractivity contribution in [2.24, 2.45) is 0 Å². The summed E-state index contributed by atoms with van der Waals surface area (Å²) in [7, 11) is 0. The minimum atomic E-state index is 0.974. The molecule has 0 aliphatic rings. The summed E-state index contributed by atoms with van der Waals surface area (Å²) in [5.74, 6) is 0. The third-order valence-corrected chi connectivity index (χ3v) is 3.78. The van der Waals surface area contributed by atoms with Gasteiger partial charge in [0.1, 0.15) is 0 Å². The van der Waals surface area contributed by atoms with E-state index in [4.69, 9.17) is 5.41 Å². The van der Waals surface area contributed by atoms with Gasteiger partial charge in [-0.1, -0.05) is 90.4 Å². The molecule has 0 rings (SSSR count). The maximum atomic E-state index is 6.84. The van der Waals surface area contributed by atoms with Crippen LogP contribution < -0.4 is 5.32 Å². The first kappa shape index (κ1) is 18.5. The van der Waals surface area contributed by atoms with E-state index in [1.54, 1.807) is 0 Å². The zero-order valence-electron chi connectivity index (χ0n) is 13.2. The average Bonchev–Trinajstić information content (AvgIpc) is 2.43. The average molecular weight is 268 g/mol. The molecule has 0 fully saturated rings. The van der Waals surface area contributed by atoms with Crippen molar-refractivity contribution in [3.05, 3.63) is 0 Å². The molecule has 2 N–H and O–H groups in total. The van der Waals surface area contributed by atoms with Crippen LogP contribution >= 0.6 is 0 Å². The predicted octanol–water partition coefficient (Wildman–Crippen LogP) is 5.66. The minimum Gasteiger partial charge on any atom is -0.377 e. The fourth-order valence-corrected chi connectivity index (χ4v) is 2.49. The molecule has 0 amide bonds. The van der Waals surface area contributed by atoms with E-state index in [0.717, 1.165) is 6.54 Å². The first-order chi connectivity index (χ1) is 9.41. The summed E-state index contributed by atoms with van der Waals surface area (Å²) in [4.78, 5) is 0. The maximum Gasteiger partial charge on any atom is 0.0791 e. The van der Waals surface area contributed by atoms with Gasteiger partial charge < -0.3 is 5.32 Å². The lowest BCUT2D eigenvalue weighted by molar-refractivity contribution is 0.535.